The summed E-state index contributed by atoms with van der Waals surface area (Å²) in [5, 5.41) is 13.3. The van der Waals surface area contributed by atoms with Crippen LogP contribution in [0, 0.1) is 0 Å². The van der Waals surface area contributed by atoms with E-state index >= 15 is 0 Å². The summed E-state index contributed by atoms with van der Waals surface area (Å²) in [4.78, 5) is 49.5. The van der Waals surface area contributed by atoms with E-state index in [-0.39, 0.29) is 36.9 Å². The van der Waals surface area contributed by atoms with Crippen molar-refractivity contribution >= 4 is 41.1 Å². The second kappa shape index (κ2) is 12.9. The maximum Gasteiger partial charge on any atom is 0.303 e. The fraction of sp³-hybridized carbons (Fsp3) is 0.643. The predicted molar refractivity (Wildman–Crippen MR) is 95.4 cm³/mol. The van der Waals surface area contributed by atoms with Gasteiger partial charge in [-0.15, -0.1) is 11.6 Å². The number of aliphatic imine (C=N–C) groups is 1. The monoisotopic (exact) mass is 392 g/mol. The van der Waals surface area contributed by atoms with Crippen LogP contribution in [0.25, 0.3) is 0 Å². The molecular formula is C14H25ClN6O5. The number of nitrogens with one attached hydrogen (secondary N) is 2. The molecular weight excluding hydrogens is 368 g/mol. The van der Waals surface area contributed by atoms with E-state index in [0.717, 1.165) is 0 Å². The van der Waals surface area contributed by atoms with Gasteiger partial charge in [0.2, 0.25) is 11.8 Å². The number of aliphatic carboxylic acids is 1. The van der Waals surface area contributed by atoms with Crippen LogP contribution in [0.15, 0.2) is 4.99 Å². The quantitative estimate of drug-likeness (QED) is 0.0863. The number of hydrogen-bond donors (Lipinski definition) is 6. The Balaban J connectivity index is 4.38. The lowest BCUT2D eigenvalue weighted by Gasteiger charge is -2.17. The highest BCUT2D eigenvalue weighted by Crippen LogP contribution is 2.01. The Hall–Kier alpha value is -2.40. The summed E-state index contributed by atoms with van der Waals surface area (Å²) < 4.78 is 0. The maximum absolute atomic E-state index is 11.9. The van der Waals surface area contributed by atoms with Crippen LogP contribution in [0.2, 0.25) is 0 Å². The van der Waals surface area contributed by atoms with Crippen LogP contribution in [0.1, 0.15) is 25.7 Å². The lowest BCUT2D eigenvalue weighted by atomic mass is 10.1. The lowest BCUT2D eigenvalue weighted by molar-refractivity contribution is -0.137. The SMILES string of the molecule is NC(N)=NCCC[C@H](NC(=O)CNC(=O)[C@@H](N)CCC(=O)O)C(=O)CCl. The molecule has 9 N–H and O–H groups in total. The topological polar surface area (TPSA) is 203 Å². The van der Waals surface area contributed by atoms with Gasteiger partial charge in [-0.2, -0.15) is 0 Å². The molecule has 0 spiro atoms. The molecule has 0 saturated carbocycles. The predicted octanol–water partition coefficient (Wildman–Crippen LogP) is -2.36. The van der Waals surface area contributed by atoms with Gasteiger partial charge in [0.15, 0.2) is 11.7 Å². The molecule has 0 aliphatic rings. The van der Waals surface area contributed by atoms with Crippen molar-refractivity contribution in [2.24, 2.45) is 22.2 Å². The Bertz CT molecular complexity index is 538. The molecule has 0 heterocycles. The molecule has 0 fully saturated rings. The standard InChI is InChI=1S/C14H25ClN6O5/c15-6-10(22)9(2-1-5-19-14(17)18)21-11(23)7-20-13(26)8(16)3-4-12(24)25/h8-9H,1-7,16H2,(H,20,26)(H,21,23)(H,24,25)(H4,17,18,19)/t8-,9-/m0/s1. The minimum absolute atomic E-state index is 0.0546. The number of carboxylic acid groups (broad SMARTS) is 1. The van der Waals surface area contributed by atoms with E-state index in [4.69, 9.17) is 33.9 Å². The average molecular weight is 393 g/mol. The van der Waals surface area contributed by atoms with Gasteiger partial charge in [-0.1, -0.05) is 0 Å². The first-order chi connectivity index (χ1) is 12.2. The summed E-state index contributed by atoms with van der Waals surface area (Å²) >= 11 is 5.52. The van der Waals surface area contributed by atoms with Gasteiger partial charge in [-0.05, 0) is 19.3 Å². The highest BCUT2D eigenvalue weighted by atomic mass is 35.5. The molecule has 0 bridgehead atoms. The molecule has 0 aliphatic carbocycles. The third kappa shape index (κ3) is 11.2. The van der Waals surface area contributed by atoms with Crippen molar-refractivity contribution in [1.29, 1.82) is 0 Å². The molecule has 2 atom stereocenters. The van der Waals surface area contributed by atoms with Gasteiger partial charge in [0.05, 0.1) is 24.5 Å². The van der Waals surface area contributed by atoms with Crippen LogP contribution in [0.5, 0.6) is 0 Å². The maximum atomic E-state index is 11.9. The molecule has 148 valence electrons. The van der Waals surface area contributed by atoms with Crippen molar-refractivity contribution in [1.82, 2.24) is 10.6 Å². The molecule has 0 aromatic carbocycles. The van der Waals surface area contributed by atoms with Gasteiger partial charge >= 0.3 is 5.97 Å². The van der Waals surface area contributed by atoms with Gasteiger partial charge in [0.25, 0.3) is 0 Å². The minimum Gasteiger partial charge on any atom is -0.481 e. The molecule has 0 radical (unpaired) electrons. The van der Waals surface area contributed by atoms with Crippen LogP contribution >= 0.6 is 11.6 Å². The van der Waals surface area contributed by atoms with Crippen molar-refractivity contribution < 1.29 is 24.3 Å². The number of carbonyl (C=O) groups is 4. The molecule has 2 amide bonds. The van der Waals surface area contributed by atoms with Crippen LogP contribution in [0.4, 0.5) is 0 Å². The second-order valence-corrected chi connectivity index (χ2v) is 5.69. The van der Waals surface area contributed by atoms with E-state index in [1.54, 1.807) is 0 Å². The summed E-state index contributed by atoms with van der Waals surface area (Å²) in [5.41, 5.74) is 15.9. The number of Topliss-reactive ketones (excluding diaryl/α,β-unsaturated/α-hetero) is 1. The second-order valence-electron chi connectivity index (χ2n) is 5.43. The molecule has 0 aromatic rings. The number of halogens is 1. The molecule has 12 heteroatoms. The number of nitrogens with two attached hydrogens (primary N) is 3. The van der Waals surface area contributed by atoms with Crippen molar-refractivity contribution in [2.75, 3.05) is 19.0 Å². The van der Waals surface area contributed by atoms with E-state index in [9.17, 15) is 19.2 Å². The molecule has 0 unspecified atom stereocenters. The number of hydrogen-bond acceptors (Lipinski definition) is 6. The van der Waals surface area contributed by atoms with Crippen LogP contribution in [0.3, 0.4) is 0 Å². The summed E-state index contributed by atoms with van der Waals surface area (Å²) in [5.74, 6) is -3.07. The van der Waals surface area contributed by atoms with Gasteiger partial charge in [-0.3, -0.25) is 24.2 Å². The summed E-state index contributed by atoms with van der Waals surface area (Å²) in [6.07, 6.45) is 0.405. The lowest BCUT2D eigenvalue weighted by Crippen LogP contribution is -2.48. The number of guanidine groups is 1. The van der Waals surface area contributed by atoms with Crippen molar-refractivity contribution in [3.63, 3.8) is 0 Å². The third-order valence-corrected chi connectivity index (χ3v) is 3.49. The normalized spacial score (nSPS) is 12.5. The molecule has 0 saturated heterocycles. The molecule has 0 rings (SSSR count). The Labute approximate surface area is 155 Å². The molecule has 0 aromatic heterocycles. The van der Waals surface area contributed by atoms with Crippen molar-refractivity contribution in [2.45, 2.75) is 37.8 Å². The highest BCUT2D eigenvalue weighted by Gasteiger charge is 2.21. The fourth-order valence-corrected chi connectivity index (χ4v) is 2.05. The number of nitrogens with zero attached hydrogens (tertiary/aromatic N) is 1. The zero-order valence-electron chi connectivity index (χ0n) is 14.2. The molecule has 26 heavy (non-hydrogen) atoms. The zero-order chi connectivity index (χ0) is 20.1. The van der Waals surface area contributed by atoms with E-state index in [1.807, 2.05) is 0 Å². The van der Waals surface area contributed by atoms with Crippen molar-refractivity contribution in [3.05, 3.63) is 0 Å². The van der Waals surface area contributed by atoms with Crippen molar-refractivity contribution in [3.8, 4) is 0 Å². The van der Waals surface area contributed by atoms with Crippen LogP contribution in [-0.2, 0) is 19.2 Å². The zero-order valence-corrected chi connectivity index (χ0v) is 15.0. The Morgan fingerprint density at radius 2 is 1.81 bits per heavy atom. The first kappa shape index (κ1) is 23.6. The average Bonchev–Trinajstić information content (AvgIpc) is 2.58. The largest absolute Gasteiger partial charge is 0.481 e. The van der Waals surface area contributed by atoms with E-state index in [0.29, 0.717) is 13.0 Å². The Kier molecular flexibility index (Phi) is 11.7. The van der Waals surface area contributed by atoms with Gasteiger partial charge in [0, 0.05) is 13.0 Å². The smallest absolute Gasteiger partial charge is 0.303 e. The number of amides is 2. The summed E-state index contributed by atoms with van der Waals surface area (Å²) in [6.45, 7) is -0.112. The number of carbonyl (C=O) groups excluding carboxylic acids is 3. The number of ketones is 1. The highest BCUT2D eigenvalue weighted by molar-refractivity contribution is 6.28. The van der Waals surface area contributed by atoms with Crippen LogP contribution < -0.4 is 27.8 Å². The fourth-order valence-electron chi connectivity index (χ4n) is 1.86. The van der Waals surface area contributed by atoms with Gasteiger partial charge in [-0.25, -0.2) is 0 Å². The van der Waals surface area contributed by atoms with E-state index < -0.39 is 36.4 Å². The van der Waals surface area contributed by atoms with E-state index in [1.165, 1.54) is 0 Å². The summed E-state index contributed by atoms with van der Waals surface area (Å²) in [7, 11) is 0. The first-order valence-corrected chi connectivity index (χ1v) is 8.39. The first-order valence-electron chi connectivity index (χ1n) is 7.85. The Morgan fingerprint density at radius 1 is 1.15 bits per heavy atom. The number of rotatable bonds is 13. The third-order valence-electron chi connectivity index (χ3n) is 3.23. The van der Waals surface area contributed by atoms with E-state index in [2.05, 4.69) is 15.6 Å². The van der Waals surface area contributed by atoms with Crippen LogP contribution in [-0.4, -0.2) is 65.7 Å². The molecule has 11 nitrogen and oxygen atoms in total. The summed E-state index contributed by atoms with van der Waals surface area (Å²) in [6, 6.07) is -1.87. The number of alkyl halides is 1. The van der Waals surface area contributed by atoms with Gasteiger partial charge in [0.1, 0.15) is 0 Å². The Morgan fingerprint density at radius 3 is 2.35 bits per heavy atom. The minimum atomic E-state index is -1.07. The molecule has 0 aliphatic heterocycles. The van der Waals surface area contributed by atoms with Gasteiger partial charge < -0.3 is 32.9 Å². The number of carboxylic acids is 1.